The van der Waals surface area contributed by atoms with E-state index in [4.69, 9.17) is 10.9 Å². The highest BCUT2D eigenvalue weighted by molar-refractivity contribution is 6.03. The van der Waals surface area contributed by atoms with Crippen molar-refractivity contribution in [2.24, 2.45) is 10.9 Å². The molecule has 0 atom stereocenters. The van der Waals surface area contributed by atoms with Crippen LogP contribution in [0.5, 0.6) is 0 Å². The highest BCUT2D eigenvalue weighted by Crippen LogP contribution is 2.25. The standard InChI is InChI=1S/C27H28N4O2.C2H6/c28-26(30-33)22-13-12-21-15-25(27(32)29-23-8-2-1-3-9-23)31(24(21)16-22)17-18-10-11-19-6-4-5-7-20(19)14-18;1-2/h4-7,10-16,23,33H,1-3,8-9,17H2,(H2,28,30)(H,29,32);1-2H3. The minimum atomic E-state index is -0.0516. The molecule has 6 heteroatoms. The van der Waals surface area contributed by atoms with Crippen LogP contribution in [0.2, 0.25) is 0 Å². The Hall–Kier alpha value is -3.80. The third kappa shape index (κ3) is 5.32. The van der Waals surface area contributed by atoms with Crippen LogP contribution in [0.25, 0.3) is 21.7 Å². The van der Waals surface area contributed by atoms with E-state index in [0.29, 0.717) is 17.8 Å². The number of amidine groups is 1. The van der Waals surface area contributed by atoms with E-state index in [1.54, 1.807) is 6.07 Å². The Morgan fingerprint density at radius 2 is 1.69 bits per heavy atom. The molecule has 0 bridgehead atoms. The van der Waals surface area contributed by atoms with Gasteiger partial charge in [-0.15, -0.1) is 0 Å². The van der Waals surface area contributed by atoms with Crippen LogP contribution in [-0.2, 0) is 6.54 Å². The Morgan fingerprint density at radius 1 is 0.971 bits per heavy atom. The molecule has 3 aromatic carbocycles. The number of oxime groups is 1. The topological polar surface area (TPSA) is 92.6 Å². The molecule has 1 aliphatic carbocycles. The number of hydrogen-bond acceptors (Lipinski definition) is 3. The highest BCUT2D eigenvalue weighted by Gasteiger charge is 2.21. The van der Waals surface area contributed by atoms with E-state index in [-0.39, 0.29) is 17.8 Å². The maximum absolute atomic E-state index is 13.4. The second-order valence-electron chi connectivity index (χ2n) is 8.86. The van der Waals surface area contributed by atoms with Crippen LogP contribution in [-0.4, -0.2) is 27.6 Å². The number of rotatable bonds is 5. The molecule has 6 nitrogen and oxygen atoms in total. The van der Waals surface area contributed by atoms with Crippen LogP contribution in [0, 0.1) is 0 Å². The molecule has 1 fully saturated rings. The van der Waals surface area contributed by atoms with Gasteiger partial charge in [0.25, 0.3) is 5.91 Å². The van der Waals surface area contributed by atoms with Crippen LogP contribution in [0.3, 0.4) is 0 Å². The molecule has 0 spiro atoms. The van der Waals surface area contributed by atoms with Gasteiger partial charge in [-0.05, 0) is 47.4 Å². The Morgan fingerprint density at radius 3 is 2.43 bits per heavy atom. The van der Waals surface area contributed by atoms with Gasteiger partial charge in [-0.1, -0.05) is 86.8 Å². The zero-order chi connectivity index (χ0) is 24.8. The summed E-state index contributed by atoms with van der Waals surface area (Å²) in [5.74, 6) is -0.00667. The Labute approximate surface area is 206 Å². The predicted molar refractivity (Wildman–Crippen MR) is 143 cm³/mol. The number of benzene rings is 3. The molecule has 4 aromatic rings. The quantitative estimate of drug-likeness (QED) is 0.144. The van der Waals surface area contributed by atoms with E-state index in [1.165, 1.54) is 11.8 Å². The SMILES string of the molecule is CC.N/C(=N\O)c1ccc2cc(C(=O)NC3CCCCC3)n(Cc3ccc4ccccc4c3)c2c1. The van der Waals surface area contributed by atoms with Crippen LogP contribution in [0.15, 0.2) is 71.9 Å². The first kappa shape index (κ1) is 24.3. The number of amides is 1. The molecule has 0 unspecified atom stereocenters. The molecule has 0 aliphatic heterocycles. The van der Waals surface area contributed by atoms with Crippen molar-refractivity contribution >= 4 is 33.4 Å². The summed E-state index contributed by atoms with van der Waals surface area (Å²) in [6.45, 7) is 4.54. The zero-order valence-corrected chi connectivity index (χ0v) is 20.5. The Balaban J connectivity index is 0.00000141. The van der Waals surface area contributed by atoms with Gasteiger partial charge in [0.05, 0.1) is 0 Å². The minimum absolute atomic E-state index is 0.0450. The molecule has 1 heterocycles. The number of nitrogens with zero attached hydrogens (tertiary/aromatic N) is 2. The number of carbonyl (C=O) groups excluding carboxylic acids is 1. The molecular formula is C29H34N4O2. The van der Waals surface area contributed by atoms with Crippen molar-refractivity contribution in [2.45, 2.75) is 58.5 Å². The van der Waals surface area contributed by atoms with Crippen molar-refractivity contribution in [3.05, 3.63) is 83.6 Å². The van der Waals surface area contributed by atoms with Gasteiger partial charge in [0.15, 0.2) is 5.84 Å². The molecule has 1 aromatic heterocycles. The van der Waals surface area contributed by atoms with E-state index < -0.39 is 0 Å². The molecule has 0 radical (unpaired) electrons. The van der Waals surface area contributed by atoms with E-state index >= 15 is 0 Å². The minimum Gasteiger partial charge on any atom is -0.409 e. The molecule has 1 amide bonds. The molecule has 35 heavy (non-hydrogen) atoms. The zero-order valence-electron chi connectivity index (χ0n) is 20.5. The molecular weight excluding hydrogens is 436 g/mol. The number of hydrogen-bond donors (Lipinski definition) is 3. The van der Waals surface area contributed by atoms with Gasteiger partial charge in [-0.2, -0.15) is 0 Å². The summed E-state index contributed by atoms with van der Waals surface area (Å²) in [4.78, 5) is 13.4. The summed E-state index contributed by atoms with van der Waals surface area (Å²) < 4.78 is 2.03. The lowest BCUT2D eigenvalue weighted by Crippen LogP contribution is -2.37. The Bertz CT molecular complexity index is 1350. The maximum atomic E-state index is 13.4. The summed E-state index contributed by atoms with van der Waals surface area (Å²) in [6, 6.07) is 22.4. The number of aromatic nitrogens is 1. The van der Waals surface area contributed by atoms with Crippen molar-refractivity contribution in [1.82, 2.24) is 9.88 Å². The number of carbonyl (C=O) groups is 1. The van der Waals surface area contributed by atoms with Gasteiger partial charge < -0.3 is 20.8 Å². The lowest BCUT2D eigenvalue weighted by Gasteiger charge is -2.23. The molecule has 4 N–H and O–H groups in total. The molecule has 1 aliphatic rings. The molecule has 5 rings (SSSR count). The van der Waals surface area contributed by atoms with Gasteiger partial charge in [0.2, 0.25) is 0 Å². The van der Waals surface area contributed by atoms with Crippen LogP contribution < -0.4 is 11.1 Å². The summed E-state index contributed by atoms with van der Waals surface area (Å²) in [5.41, 5.74) is 9.07. The van der Waals surface area contributed by atoms with Gasteiger partial charge in [-0.25, -0.2) is 0 Å². The fraction of sp³-hybridized carbons (Fsp3) is 0.310. The molecule has 1 saturated carbocycles. The second-order valence-corrected chi connectivity index (χ2v) is 8.86. The van der Waals surface area contributed by atoms with Crippen molar-refractivity contribution in [1.29, 1.82) is 0 Å². The maximum Gasteiger partial charge on any atom is 0.268 e. The lowest BCUT2D eigenvalue weighted by atomic mass is 9.95. The first-order valence-corrected chi connectivity index (χ1v) is 12.5. The van der Waals surface area contributed by atoms with E-state index in [9.17, 15) is 4.79 Å². The Kier molecular flexibility index (Phi) is 7.70. The first-order valence-electron chi connectivity index (χ1n) is 12.5. The van der Waals surface area contributed by atoms with Gasteiger partial charge in [0, 0.05) is 29.1 Å². The van der Waals surface area contributed by atoms with E-state index in [1.807, 2.05) is 48.7 Å². The van der Waals surface area contributed by atoms with E-state index in [2.05, 4.69) is 40.8 Å². The second kappa shape index (κ2) is 11.1. The molecule has 0 saturated heterocycles. The normalized spacial score (nSPS) is 14.5. The fourth-order valence-electron chi connectivity index (χ4n) is 4.86. The summed E-state index contributed by atoms with van der Waals surface area (Å²) >= 11 is 0. The lowest BCUT2D eigenvalue weighted by molar-refractivity contribution is 0.0919. The largest absolute Gasteiger partial charge is 0.409 e. The van der Waals surface area contributed by atoms with Crippen LogP contribution in [0.4, 0.5) is 0 Å². The predicted octanol–water partition coefficient (Wildman–Crippen LogP) is 6.03. The third-order valence-electron chi connectivity index (χ3n) is 6.64. The van der Waals surface area contributed by atoms with Crippen molar-refractivity contribution in [3.8, 4) is 0 Å². The fourth-order valence-corrected chi connectivity index (χ4v) is 4.86. The summed E-state index contributed by atoms with van der Waals surface area (Å²) in [6.07, 6.45) is 5.63. The van der Waals surface area contributed by atoms with Crippen molar-refractivity contribution < 1.29 is 10.0 Å². The number of nitrogens with one attached hydrogen (secondary N) is 1. The highest BCUT2D eigenvalue weighted by atomic mass is 16.4. The monoisotopic (exact) mass is 470 g/mol. The average molecular weight is 471 g/mol. The van der Waals surface area contributed by atoms with Crippen LogP contribution in [0.1, 0.15) is 67.6 Å². The summed E-state index contributed by atoms with van der Waals surface area (Å²) in [7, 11) is 0. The van der Waals surface area contributed by atoms with Crippen molar-refractivity contribution in [2.75, 3.05) is 0 Å². The third-order valence-corrected chi connectivity index (χ3v) is 6.64. The van der Waals surface area contributed by atoms with Gasteiger partial charge >= 0.3 is 0 Å². The number of nitrogens with two attached hydrogens (primary N) is 1. The van der Waals surface area contributed by atoms with Crippen molar-refractivity contribution in [3.63, 3.8) is 0 Å². The van der Waals surface area contributed by atoms with Crippen LogP contribution >= 0.6 is 0 Å². The molecule has 182 valence electrons. The number of fused-ring (bicyclic) bond motifs is 2. The average Bonchev–Trinajstić information content (AvgIpc) is 3.27. The van der Waals surface area contributed by atoms with Gasteiger partial charge in [0.1, 0.15) is 5.69 Å². The summed E-state index contributed by atoms with van der Waals surface area (Å²) in [5, 5.41) is 18.8. The first-order chi connectivity index (χ1) is 17.1. The smallest absolute Gasteiger partial charge is 0.268 e. The van der Waals surface area contributed by atoms with Gasteiger partial charge in [-0.3, -0.25) is 4.79 Å². The van der Waals surface area contributed by atoms with E-state index in [0.717, 1.165) is 47.5 Å².